The molecule has 7 heteroatoms. The van der Waals surface area contributed by atoms with Gasteiger partial charge in [-0.25, -0.2) is 9.59 Å². The third kappa shape index (κ3) is 5.33. The number of nitrogens with one attached hydrogen (secondary N) is 2. The van der Waals surface area contributed by atoms with Gasteiger partial charge in [-0.3, -0.25) is 0 Å². The Kier molecular flexibility index (Phi) is 6.42. The van der Waals surface area contributed by atoms with E-state index in [9.17, 15) is 9.59 Å². The average Bonchev–Trinajstić information content (AvgIpc) is 2.14. The number of carbonyl (C=O) groups is 2. The van der Waals surface area contributed by atoms with Crippen molar-refractivity contribution in [1.29, 1.82) is 0 Å². The normalized spacial score (nSPS) is 11.9. The molecule has 82 valence electrons. The summed E-state index contributed by atoms with van der Waals surface area (Å²) in [4.78, 5) is 21.5. The van der Waals surface area contributed by atoms with Gasteiger partial charge in [-0.2, -0.15) is 0 Å². The Hall–Kier alpha value is -1.34. The van der Waals surface area contributed by atoms with Crippen LogP contribution in [-0.4, -0.2) is 48.0 Å². The molecule has 0 heterocycles. The van der Waals surface area contributed by atoms with Gasteiger partial charge in [0, 0.05) is 26.1 Å². The van der Waals surface area contributed by atoms with Crippen molar-refractivity contribution >= 4 is 12.0 Å². The number of urea groups is 1. The third-order valence-corrected chi connectivity index (χ3v) is 1.45. The van der Waals surface area contributed by atoms with Crippen molar-refractivity contribution < 1.29 is 19.8 Å². The van der Waals surface area contributed by atoms with E-state index in [4.69, 9.17) is 15.9 Å². The van der Waals surface area contributed by atoms with Crippen LogP contribution in [0.2, 0.25) is 0 Å². The fraction of sp³-hybridized carbons (Fsp3) is 0.714. The summed E-state index contributed by atoms with van der Waals surface area (Å²) in [6.07, 6.45) is -0.0224. The molecule has 1 atom stereocenters. The monoisotopic (exact) mass is 205 g/mol. The predicted octanol–water partition coefficient (Wildman–Crippen LogP) is -1.92. The molecule has 14 heavy (non-hydrogen) atoms. The first kappa shape index (κ1) is 12.7. The number of aliphatic hydroxyl groups is 1. The lowest BCUT2D eigenvalue weighted by atomic mass is 10.2. The van der Waals surface area contributed by atoms with E-state index in [0.29, 0.717) is 0 Å². The molecule has 0 saturated carbocycles. The number of rotatable bonds is 6. The van der Waals surface area contributed by atoms with Crippen molar-refractivity contribution in [2.45, 2.75) is 12.5 Å². The van der Waals surface area contributed by atoms with E-state index in [1.165, 1.54) is 0 Å². The Balaban J connectivity index is 3.90. The fourth-order valence-electron chi connectivity index (χ4n) is 0.781. The molecule has 6 N–H and O–H groups in total. The van der Waals surface area contributed by atoms with Crippen molar-refractivity contribution in [3.8, 4) is 0 Å². The predicted molar refractivity (Wildman–Crippen MR) is 48.7 cm³/mol. The molecule has 0 aromatic heterocycles. The number of carboxylic acids is 1. The minimum absolute atomic E-state index is 0.0224. The number of nitrogens with two attached hydrogens (primary N) is 1. The highest BCUT2D eigenvalue weighted by atomic mass is 16.4. The van der Waals surface area contributed by atoms with E-state index in [1.54, 1.807) is 0 Å². The molecule has 0 aromatic rings. The molecule has 0 rings (SSSR count). The summed E-state index contributed by atoms with van der Waals surface area (Å²) in [5.41, 5.74) is 5.13. The Bertz CT molecular complexity index is 197. The number of carbonyl (C=O) groups excluding carboxylic acids is 1. The highest BCUT2D eigenvalue weighted by Crippen LogP contribution is 1.90. The maximum absolute atomic E-state index is 11.0. The highest BCUT2D eigenvalue weighted by molar-refractivity contribution is 5.82. The van der Waals surface area contributed by atoms with Crippen LogP contribution < -0.4 is 16.4 Å². The van der Waals surface area contributed by atoms with E-state index < -0.39 is 18.0 Å². The summed E-state index contributed by atoms with van der Waals surface area (Å²) in [7, 11) is 0. The third-order valence-electron chi connectivity index (χ3n) is 1.45. The molecule has 0 aliphatic heterocycles. The minimum atomic E-state index is -1.18. The van der Waals surface area contributed by atoms with Crippen molar-refractivity contribution in [3.63, 3.8) is 0 Å². The van der Waals surface area contributed by atoms with E-state index in [2.05, 4.69) is 10.6 Å². The van der Waals surface area contributed by atoms with Crippen LogP contribution in [0.4, 0.5) is 4.79 Å². The lowest BCUT2D eigenvalue weighted by Crippen LogP contribution is -2.47. The first-order valence-corrected chi connectivity index (χ1v) is 4.20. The van der Waals surface area contributed by atoms with E-state index >= 15 is 0 Å². The lowest BCUT2D eigenvalue weighted by molar-refractivity contribution is -0.139. The second kappa shape index (κ2) is 7.10. The van der Waals surface area contributed by atoms with E-state index in [1.807, 2.05) is 0 Å². The topological polar surface area (TPSA) is 125 Å². The first-order valence-electron chi connectivity index (χ1n) is 4.20. The van der Waals surface area contributed by atoms with Gasteiger partial charge < -0.3 is 26.6 Å². The van der Waals surface area contributed by atoms with Gasteiger partial charge in [0.25, 0.3) is 0 Å². The summed E-state index contributed by atoms with van der Waals surface area (Å²) in [6.45, 7) is 0.261. The zero-order valence-electron chi connectivity index (χ0n) is 7.69. The van der Waals surface area contributed by atoms with Crippen molar-refractivity contribution in [3.05, 3.63) is 0 Å². The maximum atomic E-state index is 11.0. The highest BCUT2D eigenvalue weighted by Gasteiger charge is 2.18. The molecule has 0 saturated heterocycles. The molecule has 0 aliphatic carbocycles. The Morgan fingerprint density at radius 1 is 1.43 bits per heavy atom. The zero-order valence-corrected chi connectivity index (χ0v) is 7.69. The summed E-state index contributed by atoms with van der Waals surface area (Å²) < 4.78 is 0. The molecular formula is C7H15N3O4. The van der Waals surface area contributed by atoms with Crippen LogP contribution in [0.1, 0.15) is 6.42 Å². The number of carboxylic acid groups (broad SMARTS) is 1. The van der Waals surface area contributed by atoms with Crippen molar-refractivity contribution in [1.82, 2.24) is 10.6 Å². The number of hydrogen-bond donors (Lipinski definition) is 5. The maximum Gasteiger partial charge on any atom is 0.326 e. The van der Waals surface area contributed by atoms with Crippen LogP contribution >= 0.6 is 0 Å². The molecule has 0 fully saturated rings. The van der Waals surface area contributed by atoms with Crippen LogP contribution in [0.15, 0.2) is 0 Å². The van der Waals surface area contributed by atoms with Crippen LogP contribution in [0, 0.1) is 0 Å². The van der Waals surface area contributed by atoms with Crippen LogP contribution in [-0.2, 0) is 4.79 Å². The fourth-order valence-corrected chi connectivity index (χ4v) is 0.781. The smallest absolute Gasteiger partial charge is 0.326 e. The van der Waals surface area contributed by atoms with Gasteiger partial charge in [0.1, 0.15) is 6.04 Å². The molecular weight excluding hydrogens is 190 g/mol. The Labute approximate surface area is 81.3 Å². The van der Waals surface area contributed by atoms with Gasteiger partial charge in [0.05, 0.1) is 0 Å². The number of aliphatic carboxylic acids is 1. The molecule has 0 spiro atoms. The van der Waals surface area contributed by atoms with Gasteiger partial charge in [0.2, 0.25) is 0 Å². The van der Waals surface area contributed by atoms with Crippen molar-refractivity contribution in [2.24, 2.45) is 5.73 Å². The van der Waals surface area contributed by atoms with Gasteiger partial charge in [-0.15, -0.1) is 0 Å². The zero-order chi connectivity index (χ0) is 11.0. The van der Waals surface area contributed by atoms with Gasteiger partial charge in [-0.05, 0) is 0 Å². The van der Waals surface area contributed by atoms with Crippen LogP contribution in [0.3, 0.4) is 0 Å². The summed E-state index contributed by atoms with van der Waals surface area (Å²) in [5, 5.41) is 21.7. The van der Waals surface area contributed by atoms with Crippen LogP contribution in [0.5, 0.6) is 0 Å². The van der Waals surface area contributed by atoms with Crippen molar-refractivity contribution in [2.75, 3.05) is 19.7 Å². The molecule has 2 amide bonds. The average molecular weight is 205 g/mol. The van der Waals surface area contributed by atoms with Gasteiger partial charge in [-0.1, -0.05) is 0 Å². The molecule has 0 radical (unpaired) electrons. The van der Waals surface area contributed by atoms with Gasteiger partial charge in [0.15, 0.2) is 0 Å². The quantitative estimate of drug-likeness (QED) is 0.345. The number of aliphatic hydroxyl groups excluding tert-OH is 1. The summed E-state index contributed by atoms with van der Waals surface area (Å²) in [6, 6.07) is -1.67. The Morgan fingerprint density at radius 2 is 2.07 bits per heavy atom. The molecule has 7 nitrogen and oxygen atoms in total. The van der Waals surface area contributed by atoms with E-state index in [-0.39, 0.29) is 26.1 Å². The molecule has 0 unspecified atom stereocenters. The second-order valence-electron chi connectivity index (χ2n) is 2.59. The Morgan fingerprint density at radius 3 is 2.50 bits per heavy atom. The summed E-state index contributed by atoms with van der Waals surface area (Å²) in [5.74, 6) is -1.18. The van der Waals surface area contributed by atoms with Gasteiger partial charge >= 0.3 is 12.0 Å². The summed E-state index contributed by atoms with van der Waals surface area (Å²) >= 11 is 0. The lowest BCUT2D eigenvalue weighted by Gasteiger charge is -2.13. The molecule has 0 bridgehead atoms. The first-order chi connectivity index (χ1) is 6.61. The standard InChI is InChI=1S/C7H15N3O4/c8-2-3-9-7(14)10-5(1-4-11)6(12)13/h5,11H,1-4,8H2,(H,12,13)(H2,9,10,14)/t5-/m1/s1. The second-order valence-corrected chi connectivity index (χ2v) is 2.59. The SMILES string of the molecule is NCCNC(=O)N[C@H](CCO)C(=O)O. The minimum Gasteiger partial charge on any atom is -0.480 e. The van der Waals surface area contributed by atoms with E-state index in [0.717, 1.165) is 0 Å². The molecule has 0 aliphatic rings. The van der Waals surface area contributed by atoms with Crippen LogP contribution in [0.25, 0.3) is 0 Å². The number of hydrogen-bond acceptors (Lipinski definition) is 4. The largest absolute Gasteiger partial charge is 0.480 e. The molecule has 0 aromatic carbocycles. The number of amides is 2.